The van der Waals surface area contributed by atoms with E-state index in [1.807, 2.05) is 13.8 Å². The molecule has 1 heterocycles. The fourth-order valence-corrected chi connectivity index (χ4v) is 6.39. The first kappa shape index (κ1) is 19.7. The average Bonchev–Trinajstić information content (AvgIpc) is 2.62. The molecule has 4 bridgehead atoms. The number of hydrogen-bond acceptors (Lipinski definition) is 5. The molecule has 2 atom stereocenters. The van der Waals surface area contributed by atoms with Gasteiger partial charge in [-0.1, -0.05) is 0 Å². The number of rotatable bonds is 5. The molecule has 5 rings (SSSR count). The number of carbonyl (C=O) groups is 3. The Bertz CT molecular complexity index is 603. The summed E-state index contributed by atoms with van der Waals surface area (Å²) in [5, 5.41) is 2.80. The van der Waals surface area contributed by atoms with E-state index < -0.39 is 5.97 Å². The predicted molar refractivity (Wildman–Crippen MR) is 101 cm³/mol. The van der Waals surface area contributed by atoms with Crippen molar-refractivity contribution >= 4 is 17.8 Å². The molecule has 7 nitrogen and oxygen atoms in total. The van der Waals surface area contributed by atoms with Crippen LogP contribution in [0.5, 0.6) is 0 Å². The quantitative estimate of drug-likeness (QED) is 0.717. The van der Waals surface area contributed by atoms with E-state index in [4.69, 9.17) is 9.47 Å². The molecule has 1 saturated heterocycles. The molecule has 0 aromatic heterocycles. The van der Waals surface area contributed by atoms with Gasteiger partial charge in [0.25, 0.3) is 5.91 Å². The van der Waals surface area contributed by atoms with E-state index in [0.717, 1.165) is 19.3 Å². The summed E-state index contributed by atoms with van der Waals surface area (Å²) in [5.41, 5.74) is -0.273. The van der Waals surface area contributed by atoms with Crippen LogP contribution in [0, 0.1) is 23.2 Å². The van der Waals surface area contributed by atoms with Crippen LogP contribution in [0.3, 0.4) is 0 Å². The monoisotopic (exact) mass is 392 g/mol. The number of morpholine rings is 1. The lowest BCUT2D eigenvalue weighted by molar-refractivity contribution is -0.158. The lowest BCUT2D eigenvalue weighted by Crippen LogP contribution is -2.54. The summed E-state index contributed by atoms with van der Waals surface area (Å²) < 4.78 is 10.7. The van der Waals surface area contributed by atoms with Gasteiger partial charge in [0, 0.05) is 18.5 Å². The average molecular weight is 392 g/mol. The number of amides is 2. The molecule has 28 heavy (non-hydrogen) atoms. The van der Waals surface area contributed by atoms with Crippen molar-refractivity contribution in [3.8, 4) is 0 Å². The standard InChI is InChI=1S/C21H32N2O5/c1-13-10-23(11-14(2)28-13)18(24)12-27-19(25)9-22-20(26)21-6-15-3-16(7-21)5-17(4-15)8-21/h13-17H,3-12H2,1-2H3,(H,22,26)/t13-,14+,15?,16?,17?,21?. The molecular weight excluding hydrogens is 360 g/mol. The number of nitrogens with one attached hydrogen (secondary N) is 1. The van der Waals surface area contributed by atoms with Crippen molar-refractivity contribution in [2.75, 3.05) is 26.2 Å². The van der Waals surface area contributed by atoms with Crippen LogP contribution in [0.25, 0.3) is 0 Å². The molecule has 0 aromatic carbocycles. The van der Waals surface area contributed by atoms with Gasteiger partial charge in [0.15, 0.2) is 6.61 Å². The van der Waals surface area contributed by atoms with E-state index in [9.17, 15) is 14.4 Å². The minimum Gasteiger partial charge on any atom is -0.454 e. The van der Waals surface area contributed by atoms with Gasteiger partial charge in [0.2, 0.25) is 5.91 Å². The highest BCUT2D eigenvalue weighted by atomic mass is 16.5. The van der Waals surface area contributed by atoms with Gasteiger partial charge < -0.3 is 19.7 Å². The number of carbonyl (C=O) groups excluding carboxylic acids is 3. The van der Waals surface area contributed by atoms with Gasteiger partial charge >= 0.3 is 5.97 Å². The van der Waals surface area contributed by atoms with Crippen LogP contribution >= 0.6 is 0 Å². The number of ether oxygens (including phenoxy) is 2. The third-order valence-electron chi connectivity index (χ3n) is 7.04. The Hall–Kier alpha value is -1.63. The third kappa shape index (κ3) is 4.04. The second kappa shape index (κ2) is 7.65. The smallest absolute Gasteiger partial charge is 0.325 e. The summed E-state index contributed by atoms with van der Waals surface area (Å²) in [5.74, 6) is 1.27. The van der Waals surface area contributed by atoms with Gasteiger partial charge in [-0.25, -0.2) is 0 Å². The van der Waals surface area contributed by atoms with Crippen LogP contribution in [-0.2, 0) is 23.9 Å². The fourth-order valence-electron chi connectivity index (χ4n) is 6.39. The van der Waals surface area contributed by atoms with Crippen molar-refractivity contribution < 1.29 is 23.9 Å². The molecule has 5 aliphatic rings. The molecule has 156 valence electrons. The Balaban J connectivity index is 1.21. The summed E-state index contributed by atoms with van der Waals surface area (Å²) in [6, 6.07) is 0. The van der Waals surface area contributed by atoms with E-state index in [1.165, 1.54) is 19.3 Å². The maximum absolute atomic E-state index is 12.9. The van der Waals surface area contributed by atoms with Crippen LogP contribution in [0.2, 0.25) is 0 Å². The zero-order valence-electron chi connectivity index (χ0n) is 16.9. The van der Waals surface area contributed by atoms with Crippen molar-refractivity contribution in [2.45, 2.75) is 64.6 Å². The molecule has 0 unspecified atom stereocenters. The van der Waals surface area contributed by atoms with Gasteiger partial charge in [0.05, 0.1) is 12.2 Å². The van der Waals surface area contributed by atoms with Crippen molar-refractivity contribution in [2.24, 2.45) is 23.2 Å². The zero-order valence-corrected chi connectivity index (χ0v) is 16.9. The largest absolute Gasteiger partial charge is 0.454 e. The first-order valence-electron chi connectivity index (χ1n) is 10.7. The number of hydrogen-bond donors (Lipinski definition) is 1. The zero-order chi connectivity index (χ0) is 19.9. The Kier molecular flexibility index (Phi) is 5.38. The summed E-state index contributed by atoms with van der Waals surface area (Å²) in [7, 11) is 0. The number of esters is 1. The van der Waals surface area contributed by atoms with E-state index >= 15 is 0 Å². The molecule has 1 aliphatic heterocycles. The van der Waals surface area contributed by atoms with Crippen molar-refractivity contribution in [1.29, 1.82) is 0 Å². The van der Waals surface area contributed by atoms with Crippen LogP contribution in [-0.4, -0.2) is 61.1 Å². The van der Waals surface area contributed by atoms with Crippen molar-refractivity contribution in [3.05, 3.63) is 0 Å². The molecule has 4 saturated carbocycles. The highest BCUT2D eigenvalue weighted by Gasteiger charge is 2.54. The maximum Gasteiger partial charge on any atom is 0.325 e. The Morgan fingerprint density at radius 2 is 1.54 bits per heavy atom. The molecule has 5 fully saturated rings. The lowest BCUT2D eigenvalue weighted by atomic mass is 9.49. The summed E-state index contributed by atoms with van der Waals surface area (Å²) >= 11 is 0. The topological polar surface area (TPSA) is 84.9 Å². The second-order valence-corrected chi connectivity index (χ2v) is 9.60. The van der Waals surface area contributed by atoms with Crippen molar-refractivity contribution in [3.63, 3.8) is 0 Å². The molecule has 2 amide bonds. The van der Waals surface area contributed by atoms with E-state index in [1.54, 1.807) is 4.90 Å². The number of nitrogens with zero attached hydrogens (tertiary/aromatic N) is 1. The molecule has 1 N–H and O–H groups in total. The molecule has 7 heteroatoms. The Morgan fingerprint density at radius 1 is 1.00 bits per heavy atom. The summed E-state index contributed by atoms with van der Waals surface area (Å²) in [6.07, 6.45) is 6.66. The van der Waals surface area contributed by atoms with Crippen LogP contribution in [0.4, 0.5) is 0 Å². The third-order valence-corrected chi connectivity index (χ3v) is 7.04. The molecule has 0 aromatic rings. The van der Waals surface area contributed by atoms with Gasteiger partial charge in [-0.05, 0) is 70.1 Å². The van der Waals surface area contributed by atoms with Gasteiger partial charge in [0.1, 0.15) is 6.54 Å². The minimum absolute atomic E-state index is 0.00528. The fraction of sp³-hybridized carbons (Fsp3) is 0.857. The molecule has 0 spiro atoms. The van der Waals surface area contributed by atoms with Crippen LogP contribution in [0.15, 0.2) is 0 Å². The summed E-state index contributed by atoms with van der Waals surface area (Å²) in [4.78, 5) is 38.8. The van der Waals surface area contributed by atoms with E-state index in [-0.39, 0.29) is 42.6 Å². The highest BCUT2D eigenvalue weighted by molar-refractivity contribution is 5.87. The van der Waals surface area contributed by atoms with Gasteiger partial charge in [-0.2, -0.15) is 0 Å². The lowest BCUT2D eigenvalue weighted by Gasteiger charge is -2.55. The second-order valence-electron chi connectivity index (χ2n) is 9.60. The summed E-state index contributed by atoms with van der Waals surface area (Å²) in [6.45, 7) is 4.39. The van der Waals surface area contributed by atoms with Crippen LogP contribution < -0.4 is 5.32 Å². The SMILES string of the molecule is C[C@@H]1CN(C(=O)COC(=O)CNC(=O)C23CC4CC(CC(C4)C2)C3)C[C@H](C)O1. The normalized spacial score (nSPS) is 38.9. The first-order valence-corrected chi connectivity index (χ1v) is 10.7. The first-order chi connectivity index (χ1) is 13.3. The molecule has 4 aliphatic carbocycles. The van der Waals surface area contributed by atoms with E-state index in [2.05, 4.69) is 5.32 Å². The Labute approximate surface area is 166 Å². The highest BCUT2D eigenvalue weighted by Crippen LogP contribution is 2.60. The van der Waals surface area contributed by atoms with Crippen molar-refractivity contribution in [1.82, 2.24) is 10.2 Å². The van der Waals surface area contributed by atoms with Crippen LogP contribution in [0.1, 0.15) is 52.4 Å². The Morgan fingerprint density at radius 3 is 2.07 bits per heavy atom. The molecular formula is C21H32N2O5. The minimum atomic E-state index is -0.555. The van der Waals surface area contributed by atoms with Gasteiger partial charge in [-0.15, -0.1) is 0 Å². The predicted octanol–water partition coefficient (Wildman–Crippen LogP) is 1.50. The van der Waals surface area contributed by atoms with E-state index in [0.29, 0.717) is 30.8 Å². The maximum atomic E-state index is 12.9. The molecule has 0 radical (unpaired) electrons. The van der Waals surface area contributed by atoms with Gasteiger partial charge in [-0.3, -0.25) is 14.4 Å².